The van der Waals surface area contributed by atoms with Gasteiger partial charge in [0.25, 0.3) is 11.8 Å². The Morgan fingerprint density at radius 2 is 1.69 bits per heavy atom. The molecule has 1 heterocycles. The molecule has 8 nitrogen and oxygen atoms in total. The van der Waals surface area contributed by atoms with Crippen LogP contribution >= 0.6 is 15.9 Å². The van der Waals surface area contributed by atoms with Gasteiger partial charge in [-0.05, 0) is 52.5 Å². The highest BCUT2D eigenvalue weighted by Gasteiger charge is 2.20. The fraction of sp³-hybridized carbons (Fsp3) is 0.450. The number of benzene rings is 1. The third-order valence-electron chi connectivity index (χ3n) is 4.15. The van der Waals surface area contributed by atoms with E-state index in [1.54, 1.807) is 17.0 Å². The van der Waals surface area contributed by atoms with Gasteiger partial charge in [-0.2, -0.15) is 0 Å². The number of nitrogens with one attached hydrogen (secondary N) is 1. The molecule has 0 radical (unpaired) electrons. The average Bonchev–Trinajstić information content (AvgIpc) is 3.13. The number of hydrogen-bond acceptors (Lipinski definition) is 6. The van der Waals surface area contributed by atoms with Crippen LogP contribution in [0.1, 0.15) is 26.7 Å². The topological polar surface area (TPSA) is 81.9 Å². The van der Waals surface area contributed by atoms with Gasteiger partial charge in [0.05, 0.1) is 6.54 Å². The summed E-state index contributed by atoms with van der Waals surface area (Å²) in [6, 6.07) is 7.21. The van der Waals surface area contributed by atoms with E-state index in [4.69, 9.17) is 4.42 Å². The molecule has 0 unspecified atom stereocenters. The summed E-state index contributed by atoms with van der Waals surface area (Å²) in [5.41, 5.74) is 0.794. The van der Waals surface area contributed by atoms with Crippen LogP contribution in [-0.4, -0.2) is 85.9 Å². The van der Waals surface area contributed by atoms with Crippen molar-refractivity contribution in [1.29, 1.82) is 0 Å². The summed E-state index contributed by atoms with van der Waals surface area (Å²) in [5.74, 6) is -0.0811. The lowest BCUT2D eigenvalue weighted by molar-refractivity contribution is 0.0716. The van der Waals surface area contributed by atoms with Crippen molar-refractivity contribution in [3.63, 3.8) is 0 Å². The van der Waals surface area contributed by atoms with Gasteiger partial charge in [-0.25, -0.2) is 4.98 Å². The number of amides is 2. The van der Waals surface area contributed by atoms with Crippen molar-refractivity contribution in [3.8, 4) is 0 Å². The molecule has 0 aliphatic rings. The van der Waals surface area contributed by atoms with E-state index in [1.807, 2.05) is 50.1 Å². The van der Waals surface area contributed by atoms with Crippen LogP contribution in [0.3, 0.4) is 0 Å². The maximum absolute atomic E-state index is 13.0. The van der Waals surface area contributed by atoms with Gasteiger partial charge < -0.3 is 24.4 Å². The van der Waals surface area contributed by atoms with Gasteiger partial charge in [0.1, 0.15) is 6.26 Å². The molecule has 0 saturated heterocycles. The lowest BCUT2D eigenvalue weighted by Crippen LogP contribution is -2.36. The number of rotatable bonds is 10. The Bertz CT molecular complexity index is 805. The van der Waals surface area contributed by atoms with Gasteiger partial charge in [0, 0.05) is 36.2 Å². The summed E-state index contributed by atoms with van der Waals surface area (Å²) in [6.45, 7) is 2.64. The summed E-state index contributed by atoms with van der Waals surface area (Å²) in [5, 5.41) is 2.80. The Kier molecular flexibility index (Phi) is 8.81. The van der Waals surface area contributed by atoms with Crippen LogP contribution in [0.5, 0.6) is 0 Å². The van der Waals surface area contributed by atoms with Crippen molar-refractivity contribution >= 4 is 27.7 Å². The highest BCUT2D eigenvalue weighted by molar-refractivity contribution is 9.10. The zero-order valence-corrected chi connectivity index (χ0v) is 18.9. The fourth-order valence-corrected chi connectivity index (χ4v) is 2.75. The first-order valence-electron chi connectivity index (χ1n) is 9.33. The predicted octanol–water partition coefficient (Wildman–Crippen LogP) is 1.93. The lowest BCUT2D eigenvalue weighted by Gasteiger charge is -2.23. The van der Waals surface area contributed by atoms with E-state index in [0.717, 1.165) is 11.0 Å². The molecule has 2 rings (SSSR count). The largest absolute Gasteiger partial charge is 0.446 e. The third kappa shape index (κ3) is 7.60. The molecule has 1 aromatic carbocycles. The van der Waals surface area contributed by atoms with Crippen LogP contribution in [0.2, 0.25) is 0 Å². The Labute approximate surface area is 180 Å². The number of aromatic nitrogens is 1. The van der Waals surface area contributed by atoms with Crippen LogP contribution in [0.15, 0.2) is 39.4 Å². The van der Waals surface area contributed by atoms with E-state index < -0.39 is 0 Å². The second kappa shape index (κ2) is 11.1. The lowest BCUT2D eigenvalue weighted by atomic mass is 10.2. The van der Waals surface area contributed by atoms with E-state index in [0.29, 0.717) is 31.1 Å². The molecule has 158 valence electrons. The predicted molar refractivity (Wildman–Crippen MR) is 115 cm³/mol. The van der Waals surface area contributed by atoms with E-state index in [-0.39, 0.29) is 24.1 Å². The van der Waals surface area contributed by atoms with E-state index in [2.05, 4.69) is 26.2 Å². The van der Waals surface area contributed by atoms with E-state index in [9.17, 15) is 9.59 Å². The van der Waals surface area contributed by atoms with Crippen molar-refractivity contribution in [1.82, 2.24) is 25.0 Å². The zero-order valence-electron chi connectivity index (χ0n) is 17.3. The van der Waals surface area contributed by atoms with Crippen molar-refractivity contribution in [2.45, 2.75) is 6.54 Å². The number of oxazole rings is 1. The second-order valence-electron chi connectivity index (χ2n) is 7.22. The summed E-state index contributed by atoms with van der Waals surface area (Å²) < 4.78 is 6.37. The third-order valence-corrected chi connectivity index (χ3v) is 4.68. The minimum Gasteiger partial charge on any atom is -0.446 e. The molecule has 0 saturated carbocycles. The molecule has 2 aromatic rings. The number of carbonyl (C=O) groups is 2. The molecule has 9 heteroatoms. The standard InChI is InChI=1S/C20H28BrN5O3/c1-24(2)10-9-22-19(27)17-14-29-18(23-17)13-26(12-11-25(3)4)20(28)15-5-7-16(21)8-6-15/h5-8,14H,9-13H2,1-4H3,(H,22,27). The Hall–Kier alpha value is -2.23. The molecule has 0 aliphatic carbocycles. The minimum atomic E-state index is -0.291. The van der Waals surface area contributed by atoms with Crippen LogP contribution in [0.25, 0.3) is 0 Å². The summed E-state index contributed by atoms with van der Waals surface area (Å²) >= 11 is 3.38. The molecule has 0 bridgehead atoms. The van der Waals surface area contributed by atoms with Crippen molar-refractivity contribution < 1.29 is 14.0 Å². The Morgan fingerprint density at radius 1 is 1.03 bits per heavy atom. The van der Waals surface area contributed by atoms with Gasteiger partial charge in [-0.1, -0.05) is 15.9 Å². The van der Waals surface area contributed by atoms with Crippen molar-refractivity contribution in [3.05, 3.63) is 52.1 Å². The maximum Gasteiger partial charge on any atom is 0.273 e. The number of halogens is 1. The molecule has 1 N–H and O–H groups in total. The molecular formula is C20H28BrN5O3. The fourth-order valence-electron chi connectivity index (χ4n) is 2.48. The highest BCUT2D eigenvalue weighted by atomic mass is 79.9. The van der Waals surface area contributed by atoms with Gasteiger partial charge in [-0.3, -0.25) is 9.59 Å². The summed E-state index contributed by atoms with van der Waals surface area (Å²) in [6.07, 6.45) is 1.33. The van der Waals surface area contributed by atoms with Crippen LogP contribution < -0.4 is 5.32 Å². The molecule has 0 fully saturated rings. The zero-order chi connectivity index (χ0) is 21.4. The second-order valence-corrected chi connectivity index (χ2v) is 8.14. The molecule has 0 spiro atoms. The smallest absolute Gasteiger partial charge is 0.273 e. The first-order chi connectivity index (χ1) is 13.8. The van der Waals surface area contributed by atoms with Crippen LogP contribution in [0, 0.1) is 0 Å². The SMILES string of the molecule is CN(C)CCNC(=O)c1coc(CN(CCN(C)C)C(=O)c2ccc(Br)cc2)n1. The summed E-state index contributed by atoms with van der Waals surface area (Å²) in [4.78, 5) is 35.0. The molecule has 29 heavy (non-hydrogen) atoms. The molecule has 1 aromatic heterocycles. The normalized spacial score (nSPS) is 11.1. The number of carbonyl (C=O) groups excluding carboxylic acids is 2. The first-order valence-corrected chi connectivity index (χ1v) is 10.1. The number of likely N-dealkylation sites (N-methyl/N-ethyl adjacent to an activating group) is 2. The van der Waals surface area contributed by atoms with Crippen LogP contribution in [0.4, 0.5) is 0 Å². The molecule has 2 amide bonds. The Balaban J connectivity index is 2.06. The Morgan fingerprint density at radius 3 is 2.31 bits per heavy atom. The van der Waals surface area contributed by atoms with Crippen molar-refractivity contribution in [2.24, 2.45) is 0 Å². The first kappa shape index (κ1) is 23.1. The van der Waals surface area contributed by atoms with Gasteiger partial charge in [-0.15, -0.1) is 0 Å². The monoisotopic (exact) mass is 465 g/mol. The van der Waals surface area contributed by atoms with Crippen molar-refractivity contribution in [2.75, 3.05) is 54.4 Å². The number of nitrogens with zero attached hydrogens (tertiary/aromatic N) is 4. The molecular weight excluding hydrogens is 438 g/mol. The van der Waals surface area contributed by atoms with Crippen LogP contribution in [-0.2, 0) is 6.54 Å². The summed E-state index contributed by atoms with van der Waals surface area (Å²) in [7, 11) is 7.77. The molecule has 0 aliphatic heterocycles. The number of hydrogen-bond donors (Lipinski definition) is 1. The average molecular weight is 466 g/mol. The molecule has 0 atom stereocenters. The maximum atomic E-state index is 13.0. The highest BCUT2D eigenvalue weighted by Crippen LogP contribution is 2.14. The van der Waals surface area contributed by atoms with E-state index >= 15 is 0 Å². The van der Waals surface area contributed by atoms with Gasteiger partial charge >= 0.3 is 0 Å². The van der Waals surface area contributed by atoms with E-state index in [1.165, 1.54) is 6.26 Å². The minimum absolute atomic E-state index is 0.116. The quantitative estimate of drug-likeness (QED) is 0.577. The van der Waals surface area contributed by atoms with Gasteiger partial charge in [0.2, 0.25) is 5.89 Å². The van der Waals surface area contributed by atoms with Gasteiger partial charge in [0.15, 0.2) is 5.69 Å².